The van der Waals surface area contributed by atoms with E-state index in [1.165, 1.54) is 16.7 Å². The van der Waals surface area contributed by atoms with Crippen molar-refractivity contribution in [1.29, 1.82) is 0 Å². The molecule has 6 nitrogen and oxygen atoms in total. The molecule has 39 heavy (non-hydrogen) atoms. The summed E-state index contributed by atoms with van der Waals surface area (Å²) in [6.07, 6.45) is 1.92. The summed E-state index contributed by atoms with van der Waals surface area (Å²) < 4.78 is 34.4. The van der Waals surface area contributed by atoms with Crippen molar-refractivity contribution in [3.05, 3.63) is 109 Å². The molecule has 1 N–H and O–H groups in total. The van der Waals surface area contributed by atoms with Gasteiger partial charge in [0.25, 0.3) is 10.0 Å². The first kappa shape index (κ1) is 28.6. The van der Waals surface area contributed by atoms with Crippen molar-refractivity contribution in [2.45, 2.75) is 27.4 Å². The maximum atomic E-state index is 13.8. The Labute approximate surface area is 238 Å². The van der Waals surface area contributed by atoms with Gasteiger partial charge in [0.1, 0.15) is 12.3 Å². The van der Waals surface area contributed by atoms with Crippen molar-refractivity contribution < 1.29 is 17.9 Å². The molecule has 0 unspecified atom stereocenters. The Balaban J connectivity index is 1.53. The highest BCUT2D eigenvalue weighted by Crippen LogP contribution is 2.33. The number of sulfonamides is 1. The van der Waals surface area contributed by atoms with E-state index >= 15 is 0 Å². The summed E-state index contributed by atoms with van der Waals surface area (Å²) in [7, 11) is -4.07. The zero-order valence-electron chi connectivity index (χ0n) is 21.7. The van der Waals surface area contributed by atoms with E-state index in [2.05, 4.69) is 17.4 Å². The first-order valence-corrected chi connectivity index (χ1v) is 16.0. The van der Waals surface area contributed by atoms with Crippen molar-refractivity contribution in [3.8, 4) is 5.75 Å². The van der Waals surface area contributed by atoms with E-state index < -0.39 is 22.5 Å². The van der Waals surface area contributed by atoms with Crippen LogP contribution in [-0.2, 0) is 20.6 Å². The second-order valence-electron chi connectivity index (χ2n) is 8.43. The minimum absolute atomic E-state index is 0.0969. The Hall–Kier alpha value is -3.40. The molecule has 0 atom stereocenters. The van der Waals surface area contributed by atoms with Gasteiger partial charge in [-0.25, -0.2) is 8.42 Å². The number of benzene rings is 4. The highest BCUT2D eigenvalue weighted by molar-refractivity contribution is 7.98. The van der Waals surface area contributed by atoms with Gasteiger partial charge in [0.15, 0.2) is 0 Å². The van der Waals surface area contributed by atoms with Crippen molar-refractivity contribution in [2.24, 2.45) is 0 Å². The van der Waals surface area contributed by atoms with Crippen molar-refractivity contribution >= 4 is 50.8 Å². The van der Waals surface area contributed by atoms with E-state index in [-0.39, 0.29) is 4.90 Å². The van der Waals surface area contributed by atoms with E-state index in [0.717, 1.165) is 20.5 Å². The highest BCUT2D eigenvalue weighted by Gasteiger charge is 2.29. The monoisotopic (exact) mass is 578 g/mol. The van der Waals surface area contributed by atoms with Gasteiger partial charge >= 0.3 is 0 Å². The Bertz CT molecular complexity index is 1480. The van der Waals surface area contributed by atoms with Crippen LogP contribution in [0.25, 0.3) is 0 Å². The number of anilines is 2. The van der Waals surface area contributed by atoms with Gasteiger partial charge in [0, 0.05) is 21.2 Å². The van der Waals surface area contributed by atoms with Crippen LogP contribution < -0.4 is 14.4 Å². The molecule has 0 aliphatic heterocycles. The number of nitrogens with one attached hydrogen (secondary N) is 1. The van der Waals surface area contributed by atoms with Crippen LogP contribution in [0.15, 0.2) is 118 Å². The Morgan fingerprint density at radius 3 is 2.18 bits per heavy atom. The number of carbonyl (C=O) groups is 1. The minimum Gasteiger partial charge on any atom is -0.492 e. The van der Waals surface area contributed by atoms with Gasteiger partial charge in [0.2, 0.25) is 5.91 Å². The van der Waals surface area contributed by atoms with Crippen LogP contribution in [0.2, 0.25) is 0 Å². The third kappa shape index (κ3) is 7.59. The average molecular weight is 579 g/mol. The van der Waals surface area contributed by atoms with Crippen LogP contribution in [0.4, 0.5) is 11.4 Å². The lowest BCUT2D eigenvalue weighted by atomic mass is 10.2. The predicted molar refractivity (Wildman–Crippen MR) is 161 cm³/mol. The number of para-hydroxylation sites is 2. The fraction of sp³-hybridized carbons (Fsp3) is 0.167. The predicted octanol–water partition coefficient (Wildman–Crippen LogP) is 6.93. The van der Waals surface area contributed by atoms with E-state index in [0.29, 0.717) is 23.7 Å². The Morgan fingerprint density at radius 2 is 1.51 bits per heavy atom. The fourth-order valence-electron chi connectivity index (χ4n) is 3.81. The number of hydrogen-bond donors (Lipinski definition) is 1. The van der Waals surface area contributed by atoms with Crippen LogP contribution in [0.1, 0.15) is 12.5 Å². The third-order valence-electron chi connectivity index (χ3n) is 5.75. The third-order valence-corrected chi connectivity index (χ3v) is 9.36. The number of carbonyl (C=O) groups excluding carboxylic acids is 1. The zero-order valence-corrected chi connectivity index (χ0v) is 24.2. The van der Waals surface area contributed by atoms with Gasteiger partial charge in [-0.05, 0) is 79.4 Å². The summed E-state index contributed by atoms with van der Waals surface area (Å²) in [5, 5.41) is 2.84. The topological polar surface area (TPSA) is 75.7 Å². The van der Waals surface area contributed by atoms with Crippen molar-refractivity contribution in [3.63, 3.8) is 0 Å². The van der Waals surface area contributed by atoms with Crippen LogP contribution >= 0.6 is 23.5 Å². The largest absolute Gasteiger partial charge is 0.492 e. The normalized spacial score (nSPS) is 11.1. The lowest BCUT2D eigenvalue weighted by Gasteiger charge is -2.26. The van der Waals surface area contributed by atoms with Crippen molar-refractivity contribution in [1.82, 2.24) is 0 Å². The van der Waals surface area contributed by atoms with Crippen LogP contribution in [0, 0.1) is 0 Å². The quantitative estimate of drug-likeness (QED) is 0.184. The van der Waals surface area contributed by atoms with Crippen LogP contribution in [0.5, 0.6) is 5.75 Å². The maximum Gasteiger partial charge on any atom is 0.264 e. The molecular weight excluding hydrogens is 549 g/mol. The maximum absolute atomic E-state index is 13.8. The molecule has 0 aliphatic rings. The number of ether oxygens (including phenoxy) is 1. The van der Waals surface area contributed by atoms with E-state index in [1.54, 1.807) is 60.3 Å². The number of thioether (sulfide) groups is 2. The van der Waals surface area contributed by atoms with Crippen LogP contribution in [-0.4, -0.2) is 33.7 Å². The summed E-state index contributed by atoms with van der Waals surface area (Å²) in [6.45, 7) is 1.77. The second-order valence-corrected chi connectivity index (χ2v) is 12.2. The zero-order chi connectivity index (χ0) is 27.7. The number of amides is 1. The molecule has 0 saturated heterocycles. The van der Waals surface area contributed by atoms with E-state index in [1.807, 2.05) is 55.6 Å². The SMILES string of the molecule is CCOc1ccccc1N(CC(=O)Nc1ccc(CSc2ccccc2)cc1)S(=O)(=O)c1ccc(SC)cc1. The molecule has 9 heteroatoms. The first-order valence-electron chi connectivity index (χ1n) is 12.4. The average Bonchev–Trinajstić information content (AvgIpc) is 2.96. The van der Waals surface area contributed by atoms with Gasteiger partial charge in [-0.1, -0.05) is 42.5 Å². The highest BCUT2D eigenvalue weighted by atomic mass is 32.2. The van der Waals surface area contributed by atoms with E-state index in [4.69, 9.17) is 4.74 Å². The molecule has 0 saturated carbocycles. The van der Waals surface area contributed by atoms with Crippen LogP contribution in [0.3, 0.4) is 0 Å². The fourth-order valence-corrected chi connectivity index (χ4v) is 6.53. The summed E-state index contributed by atoms with van der Waals surface area (Å²) >= 11 is 3.26. The lowest BCUT2D eigenvalue weighted by Crippen LogP contribution is -2.38. The summed E-state index contributed by atoms with van der Waals surface area (Å²) in [5.74, 6) is 0.725. The van der Waals surface area contributed by atoms with Gasteiger partial charge in [-0.3, -0.25) is 9.10 Å². The smallest absolute Gasteiger partial charge is 0.264 e. The molecule has 4 aromatic carbocycles. The van der Waals surface area contributed by atoms with Crippen molar-refractivity contribution in [2.75, 3.05) is 29.0 Å². The molecule has 0 spiro atoms. The lowest BCUT2D eigenvalue weighted by molar-refractivity contribution is -0.114. The molecule has 0 bridgehead atoms. The molecule has 0 fully saturated rings. The summed E-state index contributed by atoms with van der Waals surface area (Å²) in [6, 6.07) is 31.2. The van der Waals surface area contributed by atoms with Gasteiger partial charge < -0.3 is 10.1 Å². The minimum atomic E-state index is -4.07. The first-order chi connectivity index (χ1) is 18.9. The summed E-state index contributed by atoms with van der Waals surface area (Å²) in [4.78, 5) is 15.4. The Morgan fingerprint density at radius 1 is 0.846 bits per heavy atom. The molecule has 0 aliphatic carbocycles. The standard InChI is InChI=1S/C30H30N2O4S3/c1-3-36-29-12-8-7-11-28(29)32(39(34,35)27-19-17-25(37-2)18-20-27)21-30(33)31-24-15-13-23(14-16-24)22-38-26-9-5-4-6-10-26/h4-20H,3,21-22H2,1-2H3,(H,31,33). The molecule has 1 amide bonds. The molecular formula is C30H30N2O4S3. The Kier molecular flexibility index (Phi) is 9.97. The molecule has 0 aromatic heterocycles. The molecule has 202 valence electrons. The van der Waals surface area contributed by atoms with Gasteiger partial charge in [-0.2, -0.15) is 0 Å². The number of rotatable bonds is 12. The number of hydrogen-bond acceptors (Lipinski definition) is 6. The molecule has 4 rings (SSSR count). The summed E-state index contributed by atoms with van der Waals surface area (Å²) in [5.41, 5.74) is 2.01. The molecule has 0 radical (unpaired) electrons. The molecule has 4 aromatic rings. The molecule has 0 heterocycles. The second kappa shape index (κ2) is 13.6. The van der Waals surface area contributed by atoms with Gasteiger partial charge in [0.05, 0.1) is 17.2 Å². The number of nitrogens with zero attached hydrogens (tertiary/aromatic N) is 1. The van der Waals surface area contributed by atoms with E-state index in [9.17, 15) is 13.2 Å². The van der Waals surface area contributed by atoms with Gasteiger partial charge in [-0.15, -0.1) is 23.5 Å².